The third kappa shape index (κ3) is 2.97. The molecule has 0 bridgehead atoms. The number of rotatable bonds is 2. The lowest BCUT2D eigenvalue weighted by Crippen LogP contribution is -2.38. The van der Waals surface area contributed by atoms with E-state index in [0.717, 1.165) is 67.1 Å². The first-order valence-corrected chi connectivity index (χ1v) is 10.3. The zero-order valence-electron chi connectivity index (χ0n) is 16.3. The summed E-state index contributed by atoms with van der Waals surface area (Å²) in [5.41, 5.74) is 2.45. The van der Waals surface area contributed by atoms with Crippen molar-refractivity contribution in [3.63, 3.8) is 0 Å². The van der Waals surface area contributed by atoms with Crippen LogP contribution in [0, 0.1) is 6.92 Å². The van der Waals surface area contributed by atoms with Gasteiger partial charge in [-0.3, -0.25) is 9.78 Å². The number of aryl methyl sites for hydroxylation is 2. The van der Waals surface area contributed by atoms with Crippen molar-refractivity contribution in [2.75, 3.05) is 13.1 Å². The van der Waals surface area contributed by atoms with Crippen LogP contribution in [0.15, 0.2) is 30.3 Å². The predicted molar refractivity (Wildman–Crippen MR) is 107 cm³/mol. The Hall–Kier alpha value is -2.76. The molecule has 1 amide bonds. The molecule has 1 saturated heterocycles. The molecule has 0 saturated carbocycles. The molecular formula is C22H25N5O. The minimum absolute atomic E-state index is 0.0884. The average molecular weight is 375 g/mol. The van der Waals surface area contributed by atoms with Crippen LogP contribution in [0.25, 0.3) is 10.9 Å². The van der Waals surface area contributed by atoms with Crippen LogP contribution < -0.4 is 0 Å². The zero-order valence-corrected chi connectivity index (χ0v) is 16.3. The van der Waals surface area contributed by atoms with Gasteiger partial charge in [-0.15, -0.1) is 10.2 Å². The van der Waals surface area contributed by atoms with Crippen molar-refractivity contribution in [2.24, 2.45) is 0 Å². The highest BCUT2D eigenvalue weighted by Crippen LogP contribution is 2.30. The number of aromatic nitrogens is 4. The van der Waals surface area contributed by atoms with Crippen LogP contribution in [0.2, 0.25) is 0 Å². The van der Waals surface area contributed by atoms with Crippen LogP contribution in [0.4, 0.5) is 0 Å². The van der Waals surface area contributed by atoms with Crippen molar-refractivity contribution in [3.05, 3.63) is 53.2 Å². The smallest absolute Gasteiger partial charge is 0.256 e. The maximum Gasteiger partial charge on any atom is 0.256 e. The standard InChI is InChI=1S/C22H25N5O/c1-15-8-9-16-5-4-6-18(20(16)23-15)22(28)26-13-10-17(11-14-26)21-25-24-19-7-2-3-12-27(19)21/h4-6,8-9,17H,2-3,7,10-14H2,1H3. The second-order valence-electron chi connectivity index (χ2n) is 7.98. The van der Waals surface area contributed by atoms with Gasteiger partial charge in [-0.2, -0.15) is 0 Å². The van der Waals surface area contributed by atoms with Gasteiger partial charge in [0.15, 0.2) is 0 Å². The maximum atomic E-state index is 13.2. The first-order chi connectivity index (χ1) is 13.7. The Balaban J connectivity index is 1.34. The summed E-state index contributed by atoms with van der Waals surface area (Å²) in [5.74, 6) is 2.75. The number of pyridine rings is 1. The number of benzene rings is 1. The number of amides is 1. The fourth-order valence-electron chi connectivity index (χ4n) is 4.56. The Morgan fingerprint density at radius 2 is 1.89 bits per heavy atom. The molecule has 6 nitrogen and oxygen atoms in total. The number of piperidine rings is 1. The summed E-state index contributed by atoms with van der Waals surface area (Å²) < 4.78 is 2.32. The van der Waals surface area contributed by atoms with Crippen molar-refractivity contribution in [1.82, 2.24) is 24.6 Å². The largest absolute Gasteiger partial charge is 0.339 e. The summed E-state index contributed by atoms with van der Waals surface area (Å²) in [6.45, 7) is 4.52. The third-order valence-electron chi connectivity index (χ3n) is 6.13. The molecule has 0 aliphatic carbocycles. The van der Waals surface area contributed by atoms with Crippen LogP contribution in [0.3, 0.4) is 0 Å². The molecular weight excluding hydrogens is 350 g/mol. The van der Waals surface area contributed by atoms with Gasteiger partial charge < -0.3 is 9.47 Å². The molecule has 2 aromatic heterocycles. The molecule has 2 aliphatic heterocycles. The topological polar surface area (TPSA) is 63.9 Å². The van der Waals surface area contributed by atoms with E-state index in [1.54, 1.807) is 0 Å². The quantitative estimate of drug-likeness (QED) is 0.688. The molecule has 28 heavy (non-hydrogen) atoms. The van der Waals surface area contributed by atoms with E-state index >= 15 is 0 Å². The van der Waals surface area contributed by atoms with E-state index in [1.165, 1.54) is 12.8 Å². The number of fused-ring (bicyclic) bond motifs is 2. The highest BCUT2D eigenvalue weighted by molar-refractivity contribution is 6.05. The van der Waals surface area contributed by atoms with Gasteiger partial charge in [-0.25, -0.2) is 0 Å². The molecule has 0 radical (unpaired) electrons. The van der Waals surface area contributed by atoms with Crippen molar-refractivity contribution in [1.29, 1.82) is 0 Å². The van der Waals surface area contributed by atoms with Crippen LogP contribution >= 0.6 is 0 Å². The van der Waals surface area contributed by atoms with Gasteiger partial charge in [0.25, 0.3) is 5.91 Å². The molecule has 0 atom stereocenters. The fourth-order valence-corrected chi connectivity index (χ4v) is 4.56. The van der Waals surface area contributed by atoms with E-state index in [1.807, 2.05) is 42.2 Å². The van der Waals surface area contributed by atoms with Crippen LogP contribution in [-0.4, -0.2) is 43.6 Å². The van der Waals surface area contributed by atoms with Gasteiger partial charge in [0.1, 0.15) is 11.6 Å². The Kier molecular flexibility index (Phi) is 4.34. The van der Waals surface area contributed by atoms with Gasteiger partial charge in [0, 0.05) is 43.1 Å². The highest BCUT2D eigenvalue weighted by Gasteiger charge is 2.29. The lowest BCUT2D eigenvalue weighted by Gasteiger charge is -2.32. The monoisotopic (exact) mass is 375 g/mol. The second-order valence-corrected chi connectivity index (χ2v) is 7.98. The lowest BCUT2D eigenvalue weighted by atomic mass is 9.94. The van der Waals surface area contributed by atoms with Crippen LogP contribution in [0.1, 0.15) is 59.3 Å². The van der Waals surface area contributed by atoms with Crippen LogP contribution in [-0.2, 0) is 13.0 Å². The van der Waals surface area contributed by atoms with Crippen molar-refractivity contribution >= 4 is 16.8 Å². The molecule has 1 aromatic carbocycles. The average Bonchev–Trinajstić information content (AvgIpc) is 3.17. The van der Waals surface area contributed by atoms with Gasteiger partial charge >= 0.3 is 0 Å². The number of para-hydroxylation sites is 1. The Morgan fingerprint density at radius 3 is 2.75 bits per heavy atom. The third-order valence-corrected chi connectivity index (χ3v) is 6.13. The first kappa shape index (κ1) is 17.3. The second kappa shape index (κ2) is 7.00. The number of hydrogen-bond donors (Lipinski definition) is 0. The minimum atomic E-state index is 0.0884. The summed E-state index contributed by atoms with van der Waals surface area (Å²) in [6, 6.07) is 9.88. The van der Waals surface area contributed by atoms with Crippen molar-refractivity contribution in [2.45, 2.75) is 51.5 Å². The number of hydrogen-bond acceptors (Lipinski definition) is 4. The number of carbonyl (C=O) groups excluding carboxylic acids is 1. The summed E-state index contributed by atoms with van der Waals surface area (Å²) >= 11 is 0. The van der Waals surface area contributed by atoms with Gasteiger partial charge in [0.05, 0.1) is 11.1 Å². The van der Waals surface area contributed by atoms with E-state index in [0.29, 0.717) is 11.5 Å². The SMILES string of the molecule is Cc1ccc2cccc(C(=O)N3CCC(c4nnc5n4CCCC5)CC3)c2n1. The Morgan fingerprint density at radius 1 is 1.04 bits per heavy atom. The van der Waals surface area contributed by atoms with E-state index < -0.39 is 0 Å². The highest BCUT2D eigenvalue weighted by atomic mass is 16.2. The van der Waals surface area contributed by atoms with Gasteiger partial charge in [-0.05, 0) is 44.7 Å². The molecule has 2 aliphatic rings. The maximum absolute atomic E-state index is 13.2. The predicted octanol–water partition coefficient (Wildman–Crippen LogP) is 3.49. The van der Waals surface area contributed by atoms with Gasteiger partial charge in [0.2, 0.25) is 0 Å². The Labute approximate surface area is 164 Å². The molecule has 6 heteroatoms. The molecule has 1 fully saturated rings. The van der Waals surface area contributed by atoms with Crippen molar-refractivity contribution in [3.8, 4) is 0 Å². The van der Waals surface area contributed by atoms with Gasteiger partial charge in [-0.1, -0.05) is 18.2 Å². The van der Waals surface area contributed by atoms with E-state index in [9.17, 15) is 4.79 Å². The number of carbonyl (C=O) groups is 1. The summed E-state index contributed by atoms with van der Waals surface area (Å²) in [6.07, 6.45) is 5.35. The number of nitrogens with zero attached hydrogens (tertiary/aromatic N) is 5. The molecule has 3 aromatic rings. The zero-order chi connectivity index (χ0) is 19.1. The number of likely N-dealkylation sites (tertiary alicyclic amines) is 1. The molecule has 0 spiro atoms. The Bertz CT molecular complexity index is 1030. The van der Waals surface area contributed by atoms with E-state index in [4.69, 9.17) is 0 Å². The molecule has 4 heterocycles. The van der Waals surface area contributed by atoms with Crippen LogP contribution in [0.5, 0.6) is 0 Å². The van der Waals surface area contributed by atoms with E-state index in [2.05, 4.69) is 19.7 Å². The molecule has 5 rings (SSSR count). The van der Waals surface area contributed by atoms with E-state index in [-0.39, 0.29) is 5.91 Å². The lowest BCUT2D eigenvalue weighted by molar-refractivity contribution is 0.0712. The summed E-state index contributed by atoms with van der Waals surface area (Å²) in [7, 11) is 0. The normalized spacial score (nSPS) is 17.7. The summed E-state index contributed by atoms with van der Waals surface area (Å²) in [4.78, 5) is 19.8. The molecule has 144 valence electrons. The molecule has 0 unspecified atom stereocenters. The minimum Gasteiger partial charge on any atom is -0.339 e. The van der Waals surface area contributed by atoms with Crippen molar-refractivity contribution < 1.29 is 4.79 Å². The summed E-state index contributed by atoms with van der Waals surface area (Å²) in [5, 5.41) is 9.92. The fraction of sp³-hybridized carbons (Fsp3) is 0.455. The first-order valence-electron chi connectivity index (χ1n) is 10.3. The molecule has 0 N–H and O–H groups in total.